The van der Waals surface area contributed by atoms with Gasteiger partial charge in [0.25, 0.3) is 0 Å². The predicted octanol–water partition coefficient (Wildman–Crippen LogP) is 24.9. The first-order chi connectivity index (χ1) is 45.1. The molecule has 0 nitrogen and oxygen atoms in total. The molecule has 0 fully saturated rings. The molecule has 4 aliphatic rings. The number of hydrogen-bond donors (Lipinski definition) is 0. The quantitative estimate of drug-likeness (QED) is 0.0468. The average Bonchev–Trinajstić information content (AvgIpc) is 1.69. The highest BCUT2D eigenvalue weighted by molar-refractivity contribution is 5.90. The van der Waals surface area contributed by atoms with Gasteiger partial charge in [-0.3, -0.25) is 0 Å². The molecule has 0 radical (unpaired) electrons. The van der Waals surface area contributed by atoms with Crippen molar-refractivity contribution in [2.75, 3.05) is 6.67 Å². The normalized spacial score (nSPS) is 17.6. The van der Waals surface area contributed by atoms with Gasteiger partial charge < -0.3 is 0 Å². The van der Waals surface area contributed by atoms with Crippen molar-refractivity contribution in [1.82, 2.24) is 0 Å². The molecule has 0 aromatic heterocycles. The maximum atomic E-state index is 18.2. The minimum atomic E-state index is -3.72. The molecule has 3 aromatic rings. The van der Waals surface area contributed by atoms with E-state index in [1.807, 2.05) is 0 Å². The third-order valence-electron chi connectivity index (χ3n) is 14.3. The summed E-state index contributed by atoms with van der Waals surface area (Å²) in [5.41, 5.74) is -44.3. The summed E-state index contributed by atoms with van der Waals surface area (Å²) < 4.78 is 536. The molecule has 4 aliphatic carbocycles. The first kappa shape index (κ1) is 74.8. The van der Waals surface area contributed by atoms with Crippen molar-refractivity contribution < 1.29 is 149 Å². The van der Waals surface area contributed by atoms with Crippen LogP contribution in [-0.2, 0) is 6.42 Å². The first-order valence-electron chi connectivity index (χ1n) is 25.9. The van der Waals surface area contributed by atoms with Gasteiger partial charge in [-0.25, -0.2) is 145 Å². The van der Waals surface area contributed by atoms with Gasteiger partial charge in [0.15, 0.2) is 140 Å². The van der Waals surface area contributed by atoms with Gasteiger partial charge in [-0.15, -0.1) is 0 Å². The SMILES string of the molecule is C=C(C1=C=C(F)C(Cc2c(F)c(F)c(C3=C(F)CC(F)=C(F)C(F)=C3F)c(F)c2F)=C(F)C(C2=C(F)C(c3c(F)c(F)c(/C(C(=C)F)=C(F)/C(F)=C(/F)CF)c(F)c3F)=C(F)C(C3=C(F)C(F)=C(c4cc(F)c(F)c(F)c4F)C(F)=C(F)C3)=C(F)C2)=C1F)/C(F)=C(F)\C=C(/C)CC. The monoisotopic (exact) mass is 1430 g/mol. The van der Waals surface area contributed by atoms with Gasteiger partial charge in [-0.1, -0.05) is 31.4 Å². The van der Waals surface area contributed by atoms with E-state index in [4.69, 9.17) is 0 Å². The van der Waals surface area contributed by atoms with Crippen LogP contribution in [0.3, 0.4) is 0 Å². The summed E-state index contributed by atoms with van der Waals surface area (Å²) in [4.78, 5) is 0. The molecule has 0 amide bonds. The fourth-order valence-corrected chi connectivity index (χ4v) is 9.42. The molecule has 0 bridgehead atoms. The van der Waals surface area contributed by atoms with Crippen molar-refractivity contribution in [1.29, 1.82) is 0 Å². The van der Waals surface area contributed by atoms with Crippen molar-refractivity contribution in [2.45, 2.75) is 46.0 Å². The molecule has 514 valence electrons. The predicted molar refractivity (Wildman–Crippen MR) is 276 cm³/mol. The number of hydrogen-bond acceptors (Lipinski definition) is 0. The lowest BCUT2D eigenvalue weighted by Gasteiger charge is -2.19. The van der Waals surface area contributed by atoms with Crippen LogP contribution in [0.25, 0.3) is 22.3 Å². The maximum absolute atomic E-state index is 18.2. The lowest BCUT2D eigenvalue weighted by Crippen LogP contribution is -2.12. The molecule has 97 heavy (non-hydrogen) atoms. The van der Waals surface area contributed by atoms with E-state index in [0.29, 0.717) is 0 Å². The van der Waals surface area contributed by atoms with Crippen LogP contribution in [0.5, 0.6) is 0 Å². The van der Waals surface area contributed by atoms with Crippen LogP contribution in [0.1, 0.15) is 67.3 Å². The van der Waals surface area contributed by atoms with Crippen LogP contribution < -0.4 is 0 Å². The first-order valence-corrected chi connectivity index (χ1v) is 25.9. The number of allylic oxidation sites excluding steroid dienone is 33. The molecule has 0 heterocycles. The molecular weight excluding hydrogens is 1400 g/mol. The second-order valence-electron chi connectivity index (χ2n) is 20.0. The van der Waals surface area contributed by atoms with E-state index in [9.17, 15) is 43.9 Å². The Hall–Kier alpha value is -9.62. The summed E-state index contributed by atoms with van der Waals surface area (Å²) in [6.45, 7) is 4.65. The van der Waals surface area contributed by atoms with Gasteiger partial charge in [-0.05, 0) is 25.5 Å². The topological polar surface area (TPSA) is 0 Å². The van der Waals surface area contributed by atoms with Crippen LogP contribution in [0.15, 0.2) is 198 Å². The summed E-state index contributed by atoms with van der Waals surface area (Å²) in [7, 11) is 0. The largest absolute Gasteiger partial charge is 0.243 e. The van der Waals surface area contributed by atoms with Crippen molar-refractivity contribution in [2.24, 2.45) is 0 Å². The molecule has 7 rings (SSSR count). The van der Waals surface area contributed by atoms with E-state index in [1.165, 1.54) is 6.92 Å². The summed E-state index contributed by atoms with van der Waals surface area (Å²) in [6, 6.07) is -0.734. The fraction of sp³-hybridized carbons (Fsp3) is 0.127. The highest BCUT2D eigenvalue weighted by Crippen LogP contribution is 2.55. The summed E-state index contributed by atoms with van der Waals surface area (Å²) in [5.74, 6) is -104. The smallest absolute Gasteiger partial charge is 0.198 e. The Labute approximate surface area is 518 Å². The number of halogens is 34. The van der Waals surface area contributed by atoms with E-state index in [2.05, 4.69) is 13.2 Å². The van der Waals surface area contributed by atoms with Crippen LogP contribution in [0.2, 0.25) is 0 Å². The molecule has 0 saturated carbocycles. The fourth-order valence-electron chi connectivity index (χ4n) is 9.42. The van der Waals surface area contributed by atoms with Crippen LogP contribution in [0, 0.1) is 69.8 Å². The Morgan fingerprint density at radius 2 is 0.948 bits per heavy atom. The average molecular weight is 1430 g/mol. The Morgan fingerprint density at radius 3 is 1.48 bits per heavy atom. The lowest BCUT2D eigenvalue weighted by molar-refractivity contribution is 0.407. The molecular formula is C63H24F34. The van der Waals surface area contributed by atoms with Crippen molar-refractivity contribution in [3.8, 4) is 0 Å². The molecule has 0 spiro atoms. The number of alkyl halides is 1. The lowest BCUT2D eigenvalue weighted by atomic mass is 9.89. The number of benzene rings is 3. The second kappa shape index (κ2) is 28.2. The van der Waals surface area contributed by atoms with Gasteiger partial charge in [0.2, 0.25) is 0 Å². The molecule has 3 aromatic carbocycles. The summed E-state index contributed by atoms with van der Waals surface area (Å²) in [6.07, 6.45) is -10.9. The second-order valence-corrected chi connectivity index (χ2v) is 20.0. The molecule has 0 unspecified atom stereocenters. The Morgan fingerprint density at radius 1 is 0.443 bits per heavy atom. The highest BCUT2D eigenvalue weighted by atomic mass is 19.2. The van der Waals surface area contributed by atoms with E-state index >= 15 is 105 Å². The van der Waals surface area contributed by atoms with Gasteiger partial charge in [0.1, 0.15) is 59.1 Å². The van der Waals surface area contributed by atoms with Crippen LogP contribution >= 0.6 is 0 Å². The zero-order valence-electron chi connectivity index (χ0n) is 47.2. The number of rotatable bonds is 15. The molecule has 0 atom stereocenters. The zero-order valence-corrected chi connectivity index (χ0v) is 47.2. The molecule has 0 aliphatic heterocycles. The molecule has 0 N–H and O–H groups in total. The molecule has 34 heteroatoms. The minimum Gasteiger partial charge on any atom is -0.243 e. The van der Waals surface area contributed by atoms with Crippen LogP contribution in [-0.4, -0.2) is 6.67 Å². The Bertz CT molecular complexity index is 4650. The summed E-state index contributed by atoms with van der Waals surface area (Å²) in [5, 5.41) is 0. The van der Waals surface area contributed by atoms with E-state index in [-0.39, 0.29) is 18.1 Å². The van der Waals surface area contributed by atoms with Crippen LogP contribution in [0.4, 0.5) is 149 Å². The van der Waals surface area contributed by atoms with E-state index in [0.717, 1.165) is 12.7 Å². The zero-order chi connectivity index (χ0) is 73.2. The molecule has 0 saturated heterocycles. The Balaban J connectivity index is 1.70. The van der Waals surface area contributed by atoms with Gasteiger partial charge in [-0.2, -0.15) is 4.39 Å². The van der Waals surface area contributed by atoms with Crippen molar-refractivity contribution in [3.63, 3.8) is 0 Å². The summed E-state index contributed by atoms with van der Waals surface area (Å²) >= 11 is 0. The van der Waals surface area contributed by atoms with Crippen molar-refractivity contribution >= 4 is 22.3 Å². The van der Waals surface area contributed by atoms with Gasteiger partial charge >= 0.3 is 0 Å². The van der Waals surface area contributed by atoms with Gasteiger partial charge in [0.05, 0.1) is 56.5 Å². The van der Waals surface area contributed by atoms with E-state index in [1.54, 1.807) is 0 Å². The van der Waals surface area contributed by atoms with E-state index < -0.39 is 320 Å². The maximum Gasteiger partial charge on any atom is 0.198 e. The highest BCUT2D eigenvalue weighted by Gasteiger charge is 2.45. The third-order valence-corrected chi connectivity index (χ3v) is 14.3. The minimum absolute atomic E-state index is 0.182. The van der Waals surface area contributed by atoms with Crippen molar-refractivity contribution in [3.05, 3.63) is 296 Å². The standard InChI is InChI=1S/C63H24F34/c1-5-14(2)6-26(69)40(74)15(3)17-8-23(66)18(7-22-46(80)56(90)37(57(91)47(22)81)35-25(68)12-29(72)50(84)63(97)55(35)89)42(76)33(41(17)75)20-9-24(67)32(19-10-27(70)48(82)34(54(88)44(19)78)21-11-28(71)49(83)62(96)45(21)79)52(86)38(43(20)77)39-60(94)58(92)36(59(93)61(39)95)31(16(4)65)53(87)51(85)30(73)13-64/h6,11H,3-5,7,9-10,12-13H2,1-2H3/b14-6+,40-26-,51-30-,53-31-. The Kier molecular flexibility index (Phi) is 21.8. The third kappa shape index (κ3) is 12.9. The van der Waals surface area contributed by atoms with Gasteiger partial charge in [0, 0.05) is 58.3 Å².